The Hall–Kier alpha value is -3.54. The normalized spacial score (nSPS) is 10.2. The number of hydrogen-bond donors (Lipinski definition) is 2. The molecule has 0 spiro atoms. The van der Waals surface area contributed by atoms with Crippen LogP contribution in [0.15, 0.2) is 73.1 Å². The SMILES string of the molecule is CCOc1ccccc1C(=O)NNC(=O)c1ccc(-n2cccc2)cc1. The van der Waals surface area contributed by atoms with Gasteiger partial charge in [0.25, 0.3) is 11.8 Å². The molecule has 6 heteroatoms. The van der Waals surface area contributed by atoms with Gasteiger partial charge in [-0.1, -0.05) is 12.1 Å². The van der Waals surface area contributed by atoms with Gasteiger partial charge >= 0.3 is 0 Å². The average molecular weight is 349 g/mol. The number of hydrazine groups is 1. The van der Waals surface area contributed by atoms with Crippen LogP contribution in [-0.4, -0.2) is 23.0 Å². The van der Waals surface area contributed by atoms with Crippen molar-refractivity contribution in [3.8, 4) is 11.4 Å². The predicted octanol–water partition coefficient (Wildman–Crippen LogP) is 2.95. The standard InChI is InChI=1S/C20H19N3O3/c1-2-26-18-8-4-3-7-17(18)20(25)22-21-19(24)15-9-11-16(12-10-15)23-13-5-6-14-23/h3-14H,2H2,1H3,(H,21,24)(H,22,25). The lowest BCUT2D eigenvalue weighted by atomic mass is 10.2. The first-order chi connectivity index (χ1) is 12.7. The molecule has 0 fully saturated rings. The minimum Gasteiger partial charge on any atom is -0.493 e. The molecule has 3 rings (SSSR count). The Morgan fingerprint density at radius 1 is 0.885 bits per heavy atom. The van der Waals surface area contributed by atoms with Crippen LogP contribution < -0.4 is 15.6 Å². The Balaban J connectivity index is 1.63. The summed E-state index contributed by atoms with van der Waals surface area (Å²) in [7, 11) is 0. The molecule has 0 aliphatic rings. The molecular weight excluding hydrogens is 330 g/mol. The number of amides is 2. The van der Waals surface area contributed by atoms with Gasteiger partial charge in [0.05, 0.1) is 12.2 Å². The van der Waals surface area contributed by atoms with Gasteiger partial charge in [-0.15, -0.1) is 0 Å². The van der Waals surface area contributed by atoms with Gasteiger partial charge in [0.2, 0.25) is 0 Å². The maximum Gasteiger partial charge on any atom is 0.273 e. The summed E-state index contributed by atoms with van der Waals surface area (Å²) in [6.45, 7) is 2.29. The van der Waals surface area contributed by atoms with Crippen molar-refractivity contribution in [3.63, 3.8) is 0 Å². The van der Waals surface area contributed by atoms with E-state index in [0.717, 1.165) is 5.69 Å². The van der Waals surface area contributed by atoms with Gasteiger partial charge in [-0.05, 0) is 55.5 Å². The van der Waals surface area contributed by atoms with E-state index in [9.17, 15) is 9.59 Å². The minimum absolute atomic E-state index is 0.359. The van der Waals surface area contributed by atoms with Gasteiger partial charge in [-0.2, -0.15) is 0 Å². The van der Waals surface area contributed by atoms with Crippen LogP contribution in [0.25, 0.3) is 5.69 Å². The number of benzene rings is 2. The zero-order chi connectivity index (χ0) is 18.4. The minimum atomic E-state index is -0.439. The largest absolute Gasteiger partial charge is 0.493 e. The van der Waals surface area contributed by atoms with E-state index < -0.39 is 11.8 Å². The Morgan fingerprint density at radius 3 is 2.23 bits per heavy atom. The smallest absolute Gasteiger partial charge is 0.273 e. The molecule has 2 aromatic carbocycles. The molecule has 26 heavy (non-hydrogen) atoms. The molecule has 0 atom stereocenters. The number of aromatic nitrogens is 1. The van der Waals surface area contributed by atoms with E-state index in [1.165, 1.54) is 0 Å². The van der Waals surface area contributed by atoms with Crippen LogP contribution in [0, 0.1) is 0 Å². The van der Waals surface area contributed by atoms with Crippen molar-refractivity contribution in [2.45, 2.75) is 6.92 Å². The summed E-state index contributed by atoms with van der Waals surface area (Å²) in [5.41, 5.74) is 6.58. The fourth-order valence-corrected chi connectivity index (χ4v) is 2.48. The molecular formula is C20H19N3O3. The van der Waals surface area contributed by atoms with Crippen LogP contribution in [0.1, 0.15) is 27.6 Å². The lowest BCUT2D eigenvalue weighted by molar-refractivity contribution is 0.0844. The highest BCUT2D eigenvalue weighted by Crippen LogP contribution is 2.17. The van der Waals surface area contributed by atoms with Crippen molar-refractivity contribution in [2.24, 2.45) is 0 Å². The summed E-state index contributed by atoms with van der Waals surface area (Å²) in [6, 6.07) is 17.8. The molecule has 0 aliphatic heterocycles. The van der Waals surface area contributed by atoms with Gasteiger partial charge in [-0.25, -0.2) is 0 Å². The summed E-state index contributed by atoms with van der Waals surface area (Å²) < 4.78 is 7.36. The molecule has 1 aromatic heterocycles. The van der Waals surface area contributed by atoms with E-state index in [0.29, 0.717) is 23.5 Å². The first kappa shape index (κ1) is 17.3. The van der Waals surface area contributed by atoms with E-state index in [1.54, 1.807) is 36.4 Å². The van der Waals surface area contributed by atoms with Gasteiger partial charge < -0.3 is 9.30 Å². The summed E-state index contributed by atoms with van der Waals surface area (Å²) in [5, 5.41) is 0. The molecule has 132 valence electrons. The molecule has 6 nitrogen and oxygen atoms in total. The van der Waals surface area contributed by atoms with Crippen LogP contribution >= 0.6 is 0 Å². The third kappa shape index (κ3) is 3.92. The number of ether oxygens (including phenoxy) is 1. The second-order valence-electron chi connectivity index (χ2n) is 5.47. The Kier molecular flexibility index (Phi) is 5.34. The molecule has 0 bridgehead atoms. The van der Waals surface area contributed by atoms with E-state index in [4.69, 9.17) is 4.74 Å². The molecule has 2 amide bonds. The number of nitrogens with one attached hydrogen (secondary N) is 2. The second-order valence-corrected chi connectivity index (χ2v) is 5.47. The average Bonchev–Trinajstić information content (AvgIpc) is 3.21. The molecule has 0 unspecified atom stereocenters. The summed E-state index contributed by atoms with van der Waals surface area (Å²) >= 11 is 0. The number of rotatable bonds is 5. The second kappa shape index (κ2) is 8.02. The van der Waals surface area contributed by atoms with Crippen molar-refractivity contribution in [3.05, 3.63) is 84.2 Å². The van der Waals surface area contributed by atoms with Gasteiger partial charge in [0.1, 0.15) is 5.75 Å². The van der Waals surface area contributed by atoms with Crippen LogP contribution in [0.3, 0.4) is 0 Å². The Morgan fingerprint density at radius 2 is 1.54 bits per heavy atom. The number of para-hydroxylation sites is 1. The molecule has 1 heterocycles. The summed E-state index contributed by atoms with van der Waals surface area (Å²) in [6.07, 6.45) is 3.84. The topological polar surface area (TPSA) is 72.4 Å². The third-order valence-electron chi connectivity index (χ3n) is 3.75. The highest BCUT2D eigenvalue weighted by Gasteiger charge is 2.13. The predicted molar refractivity (Wildman–Crippen MR) is 98.3 cm³/mol. The third-order valence-corrected chi connectivity index (χ3v) is 3.75. The molecule has 0 radical (unpaired) electrons. The van der Waals surface area contributed by atoms with Gasteiger partial charge in [0, 0.05) is 23.6 Å². The molecule has 2 N–H and O–H groups in total. The number of carbonyl (C=O) groups excluding carboxylic acids is 2. The first-order valence-electron chi connectivity index (χ1n) is 8.25. The highest BCUT2D eigenvalue weighted by molar-refractivity contribution is 6.00. The maximum atomic E-state index is 12.3. The van der Waals surface area contributed by atoms with Crippen LogP contribution in [-0.2, 0) is 0 Å². The number of hydrogen-bond acceptors (Lipinski definition) is 3. The molecule has 0 aliphatic carbocycles. The van der Waals surface area contributed by atoms with Gasteiger partial charge in [-0.3, -0.25) is 20.4 Å². The Labute approximate surface area is 151 Å². The summed E-state index contributed by atoms with van der Waals surface area (Å²) in [4.78, 5) is 24.5. The first-order valence-corrected chi connectivity index (χ1v) is 8.25. The van der Waals surface area contributed by atoms with Crippen molar-refractivity contribution < 1.29 is 14.3 Å². The fourth-order valence-electron chi connectivity index (χ4n) is 2.48. The molecule has 3 aromatic rings. The van der Waals surface area contributed by atoms with Crippen molar-refractivity contribution in [2.75, 3.05) is 6.61 Å². The van der Waals surface area contributed by atoms with E-state index in [1.807, 2.05) is 48.1 Å². The van der Waals surface area contributed by atoms with Crippen LogP contribution in [0.2, 0.25) is 0 Å². The fraction of sp³-hybridized carbons (Fsp3) is 0.100. The zero-order valence-electron chi connectivity index (χ0n) is 14.3. The Bertz CT molecular complexity index is 887. The zero-order valence-corrected chi connectivity index (χ0v) is 14.3. The number of nitrogens with zero attached hydrogens (tertiary/aromatic N) is 1. The highest BCUT2D eigenvalue weighted by atomic mass is 16.5. The van der Waals surface area contributed by atoms with Crippen LogP contribution in [0.4, 0.5) is 0 Å². The monoisotopic (exact) mass is 349 g/mol. The van der Waals surface area contributed by atoms with Crippen molar-refractivity contribution in [1.82, 2.24) is 15.4 Å². The molecule has 0 saturated carbocycles. The maximum absolute atomic E-state index is 12.3. The van der Waals surface area contributed by atoms with Crippen molar-refractivity contribution >= 4 is 11.8 Å². The lowest BCUT2D eigenvalue weighted by Gasteiger charge is -2.11. The van der Waals surface area contributed by atoms with E-state index >= 15 is 0 Å². The summed E-state index contributed by atoms with van der Waals surface area (Å²) in [5.74, 6) is -0.365. The molecule has 0 saturated heterocycles. The van der Waals surface area contributed by atoms with E-state index in [2.05, 4.69) is 10.9 Å². The van der Waals surface area contributed by atoms with Gasteiger partial charge in [0.15, 0.2) is 0 Å². The lowest BCUT2D eigenvalue weighted by Crippen LogP contribution is -2.41. The van der Waals surface area contributed by atoms with E-state index in [-0.39, 0.29) is 0 Å². The quantitative estimate of drug-likeness (QED) is 0.696. The number of carbonyl (C=O) groups is 2. The van der Waals surface area contributed by atoms with Crippen molar-refractivity contribution in [1.29, 1.82) is 0 Å². The van der Waals surface area contributed by atoms with Crippen LogP contribution in [0.5, 0.6) is 5.75 Å².